The summed E-state index contributed by atoms with van der Waals surface area (Å²) in [6.45, 7) is 1.89. The van der Waals surface area contributed by atoms with Gasteiger partial charge in [0, 0.05) is 30.5 Å². The molecule has 3 aromatic rings. The summed E-state index contributed by atoms with van der Waals surface area (Å²) in [7, 11) is 0. The van der Waals surface area contributed by atoms with Crippen LogP contribution >= 0.6 is 0 Å². The van der Waals surface area contributed by atoms with E-state index >= 15 is 0 Å². The standard InChI is InChI=1S/C28H25N3O5/c32-24-11-10-23(27(34)29-24)31-22-9-8-19(20-2-1-3-21(26(20)22)28(31)35)14-17-4-6-18(7-5-17)15-30-12-13-36-16-25(30)33/h1-9,23H,10-16H2,(H,29,32,34). The molecule has 0 aliphatic carbocycles. The monoisotopic (exact) mass is 483 g/mol. The van der Waals surface area contributed by atoms with Gasteiger partial charge in [-0.25, -0.2) is 0 Å². The number of amides is 4. The quantitative estimate of drug-likeness (QED) is 0.563. The van der Waals surface area contributed by atoms with E-state index in [-0.39, 0.29) is 30.7 Å². The van der Waals surface area contributed by atoms with Gasteiger partial charge in [-0.05, 0) is 47.1 Å². The minimum atomic E-state index is -0.692. The molecule has 0 saturated carbocycles. The maximum absolute atomic E-state index is 13.3. The van der Waals surface area contributed by atoms with Crippen molar-refractivity contribution in [2.45, 2.75) is 31.8 Å². The molecule has 0 spiro atoms. The van der Waals surface area contributed by atoms with Crippen LogP contribution in [0.2, 0.25) is 0 Å². The fourth-order valence-corrected chi connectivity index (χ4v) is 5.38. The first-order valence-electron chi connectivity index (χ1n) is 12.1. The summed E-state index contributed by atoms with van der Waals surface area (Å²) in [5, 5.41) is 4.20. The number of morpholine rings is 1. The number of carbonyl (C=O) groups is 4. The van der Waals surface area contributed by atoms with Crippen LogP contribution < -0.4 is 10.2 Å². The second kappa shape index (κ2) is 8.87. The van der Waals surface area contributed by atoms with Crippen LogP contribution in [0.1, 0.15) is 39.9 Å². The lowest BCUT2D eigenvalue weighted by molar-refractivity contribution is -0.143. The average molecular weight is 484 g/mol. The third-order valence-corrected chi connectivity index (χ3v) is 7.21. The summed E-state index contributed by atoms with van der Waals surface area (Å²) in [6.07, 6.45) is 1.22. The summed E-state index contributed by atoms with van der Waals surface area (Å²) >= 11 is 0. The molecule has 2 fully saturated rings. The van der Waals surface area contributed by atoms with Crippen LogP contribution in [0.25, 0.3) is 10.8 Å². The lowest BCUT2D eigenvalue weighted by Gasteiger charge is -2.30. The first-order valence-corrected chi connectivity index (χ1v) is 12.1. The van der Waals surface area contributed by atoms with Gasteiger partial charge >= 0.3 is 0 Å². The Kier molecular flexibility index (Phi) is 5.53. The van der Waals surface area contributed by atoms with Gasteiger partial charge < -0.3 is 9.64 Å². The molecule has 1 atom stereocenters. The minimum absolute atomic E-state index is 0.0131. The van der Waals surface area contributed by atoms with Gasteiger partial charge in [0.15, 0.2) is 0 Å². The van der Waals surface area contributed by atoms with Crippen LogP contribution in [0.15, 0.2) is 54.6 Å². The molecule has 182 valence electrons. The van der Waals surface area contributed by atoms with Gasteiger partial charge in [0.05, 0.1) is 12.3 Å². The molecule has 0 aromatic heterocycles. The lowest BCUT2D eigenvalue weighted by Crippen LogP contribution is -2.53. The molecule has 8 nitrogen and oxygen atoms in total. The Morgan fingerprint density at radius 2 is 1.75 bits per heavy atom. The predicted molar refractivity (Wildman–Crippen MR) is 132 cm³/mol. The number of hydrogen-bond acceptors (Lipinski definition) is 5. The van der Waals surface area contributed by atoms with Crippen LogP contribution in [-0.2, 0) is 32.1 Å². The molecule has 3 aliphatic rings. The zero-order chi connectivity index (χ0) is 24.8. The number of nitrogens with zero attached hydrogens (tertiary/aromatic N) is 2. The highest BCUT2D eigenvalue weighted by Gasteiger charge is 2.40. The summed E-state index contributed by atoms with van der Waals surface area (Å²) in [5.41, 5.74) is 4.58. The molecule has 8 heteroatoms. The van der Waals surface area contributed by atoms with Crippen LogP contribution in [0.5, 0.6) is 0 Å². The van der Waals surface area contributed by atoms with Crippen LogP contribution in [0.3, 0.4) is 0 Å². The number of carbonyl (C=O) groups excluding carboxylic acids is 4. The molecule has 6 rings (SSSR count). The van der Waals surface area contributed by atoms with Gasteiger partial charge in [-0.3, -0.25) is 29.4 Å². The van der Waals surface area contributed by atoms with E-state index in [9.17, 15) is 19.2 Å². The number of benzene rings is 3. The van der Waals surface area contributed by atoms with E-state index in [1.165, 1.54) is 0 Å². The Morgan fingerprint density at radius 1 is 0.944 bits per heavy atom. The molecule has 3 heterocycles. The Balaban J connectivity index is 1.27. The van der Waals surface area contributed by atoms with Gasteiger partial charge in [-0.2, -0.15) is 0 Å². The average Bonchev–Trinajstić information content (AvgIpc) is 3.16. The Hall–Kier alpha value is -4.04. The van der Waals surface area contributed by atoms with E-state index in [1.807, 2.05) is 41.3 Å². The number of ether oxygens (including phenoxy) is 1. The lowest BCUT2D eigenvalue weighted by atomic mass is 9.95. The molecular formula is C28H25N3O5. The second-order valence-corrected chi connectivity index (χ2v) is 9.48. The fourth-order valence-electron chi connectivity index (χ4n) is 5.38. The van der Waals surface area contributed by atoms with Crippen molar-refractivity contribution in [3.05, 3.63) is 76.9 Å². The van der Waals surface area contributed by atoms with Crippen molar-refractivity contribution >= 4 is 40.1 Å². The predicted octanol–water partition coefficient (Wildman–Crippen LogP) is 2.55. The van der Waals surface area contributed by atoms with Crippen LogP contribution in [0.4, 0.5) is 5.69 Å². The highest BCUT2D eigenvalue weighted by atomic mass is 16.5. The Labute approximate surface area is 207 Å². The minimum Gasteiger partial charge on any atom is -0.370 e. The first kappa shape index (κ1) is 22.4. The van der Waals surface area contributed by atoms with Gasteiger partial charge in [-0.1, -0.05) is 42.5 Å². The molecule has 0 radical (unpaired) electrons. The van der Waals surface area contributed by atoms with Gasteiger partial charge in [0.1, 0.15) is 12.6 Å². The molecule has 0 bridgehead atoms. The molecule has 1 N–H and O–H groups in total. The van der Waals surface area contributed by atoms with Crippen molar-refractivity contribution in [3.8, 4) is 0 Å². The molecular weight excluding hydrogens is 458 g/mol. The van der Waals surface area contributed by atoms with E-state index in [0.29, 0.717) is 38.1 Å². The molecule has 2 saturated heterocycles. The summed E-state index contributed by atoms with van der Waals surface area (Å²) < 4.78 is 5.20. The maximum Gasteiger partial charge on any atom is 0.259 e. The molecule has 3 aliphatic heterocycles. The number of nitrogens with one attached hydrogen (secondary N) is 1. The second-order valence-electron chi connectivity index (χ2n) is 9.48. The number of anilines is 1. The van der Waals surface area contributed by atoms with E-state index in [4.69, 9.17) is 4.74 Å². The van der Waals surface area contributed by atoms with E-state index in [2.05, 4.69) is 17.4 Å². The third kappa shape index (κ3) is 3.83. The van der Waals surface area contributed by atoms with Gasteiger partial charge in [0.25, 0.3) is 5.91 Å². The molecule has 4 amide bonds. The normalized spacial score (nSPS) is 19.8. The zero-order valence-electron chi connectivity index (χ0n) is 19.7. The van der Waals surface area contributed by atoms with Crippen molar-refractivity contribution in [1.29, 1.82) is 0 Å². The third-order valence-electron chi connectivity index (χ3n) is 7.21. The van der Waals surface area contributed by atoms with E-state index < -0.39 is 11.9 Å². The van der Waals surface area contributed by atoms with Crippen molar-refractivity contribution in [3.63, 3.8) is 0 Å². The van der Waals surface area contributed by atoms with E-state index in [1.54, 1.807) is 11.0 Å². The number of hydrogen-bond donors (Lipinski definition) is 1. The van der Waals surface area contributed by atoms with Crippen molar-refractivity contribution in [2.75, 3.05) is 24.7 Å². The largest absolute Gasteiger partial charge is 0.370 e. The summed E-state index contributed by atoms with van der Waals surface area (Å²) in [4.78, 5) is 52.8. The zero-order valence-corrected chi connectivity index (χ0v) is 19.7. The number of imide groups is 1. The Bertz CT molecular complexity index is 1410. The number of rotatable bonds is 5. The Morgan fingerprint density at radius 3 is 2.53 bits per heavy atom. The summed E-state index contributed by atoms with van der Waals surface area (Å²) in [5.74, 6) is -0.921. The topological polar surface area (TPSA) is 96.0 Å². The highest BCUT2D eigenvalue weighted by molar-refractivity contribution is 6.27. The van der Waals surface area contributed by atoms with Crippen LogP contribution in [0, 0.1) is 0 Å². The van der Waals surface area contributed by atoms with Gasteiger partial charge in [0.2, 0.25) is 17.7 Å². The molecule has 1 unspecified atom stereocenters. The van der Waals surface area contributed by atoms with E-state index in [0.717, 1.165) is 33.2 Å². The van der Waals surface area contributed by atoms with Gasteiger partial charge in [-0.15, -0.1) is 0 Å². The van der Waals surface area contributed by atoms with Crippen molar-refractivity contribution in [1.82, 2.24) is 10.2 Å². The summed E-state index contributed by atoms with van der Waals surface area (Å²) in [6, 6.07) is 17.2. The van der Waals surface area contributed by atoms with Crippen molar-refractivity contribution < 1.29 is 23.9 Å². The highest BCUT2D eigenvalue weighted by Crippen LogP contribution is 2.41. The fraction of sp³-hybridized carbons (Fsp3) is 0.286. The SMILES string of the molecule is O=C1CCC(N2C(=O)c3cccc4c(Cc5ccc(CN6CCOCC6=O)cc5)ccc2c34)C(=O)N1. The van der Waals surface area contributed by atoms with Crippen LogP contribution in [-0.4, -0.2) is 54.3 Å². The molecule has 36 heavy (non-hydrogen) atoms. The smallest absolute Gasteiger partial charge is 0.259 e. The first-order chi connectivity index (χ1) is 17.5. The number of piperidine rings is 1. The maximum atomic E-state index is 13.3. The van der Waals surface area contributed by atoms with Crippen molar-refractivity contribution in [2.24, 2.45) is 0 Å². The molecule has 3 aromatic carbocycles.